The van der Waals surface area contributed by atoms with E-state index in [4.69, 9.17) is 0 Å². The monoisotopic (exact) mass is 278 g/mol. The van der Waals surface area contributed by atoms with E-state index in [-0.39, 0.29) is 12.4 Å². The maximum Gasteiger partial charge on any atom is 0.0816 e. The Morgan fingerprint density at radius 1 is 1.33 bits per heavy atom. The van der Waals surface area contributed by atoms with E-state index in [1.807, 2.05) is 23.6 Å². The Bertz CT molecular complexity index is 572. The number of hydrogen-bond acceptors (Lipinski definition) is 3. The first-order valence-electron chi connectivity index (χ1n) is 6.16. The molecule has 2 nitrogen and oxygen atoms in total. The molecule has 0 spiro atoms. The van der Waals surface area contributed by atoms with Crippen LogP contribution in [0.1, 0.15) is 11.3 Å². The standard InChI is InChI=1S/C14H14N2S.ClH/c1-2-13-12(16-3-1)6-14(17-13)9-4-10-7-15-8-11(10)5-9;/h1-4,6,10-11,15H,5,7-8H2;1H/t10-,11+;/m1./s1. The van der Waals surface area contributed by atoms with E-state index in [9.17, 15) is 0 Å². The molecule has 0 radical (unpaired) electrons. The lowest BCUT2D eigenvalue weighted by Gasteiger charge is -2.04. The van der Waals surface area contributed by atoms with Crippen molar-refractivity contribution in [2.24, 2.45) is 11.8 Å². The van der Waals surface area contributed by atoms with Crippen LogP contribution in [-0.2, 0) is 0 Å². The Hall–Kier alpha value is -0.900. The molecule has 0 aromatic carbocycles. The summed E-state index contributed by atoms with van der Waals surface area (Å²) in [6, 6.07) is 6.43. The highest BCUT2D eigenvalue weighted by atomic mass is 35.5. The van der Waals surface area contributed by atoms with Crippen molar-refractivity contribution in [3.63, 3.8) is 0 Å². The Morgan fingerprint density at radius 3 is 3.11 bits per heavy atom. The third-order valence-electron chi connectivity index (χ3n) is 3.89. The number of fused-ring (bicyclic) bond motifs is 2. The first-order valence-corrected chi connectivity index (χ1v) is 6.98. The van der Waals surface area contributed by atoms with Crippen LogP contribution >= 0.6 is 23.7 Å². The molecule has 3 heterocycles. The van der Waals surface area contributed by atoms with Crippen molar-refractivity contribution in [2.45, 2.75) is 6.42 Å². The van der Waals surface area contributed by atoms with Gasteiger partial charge in [0.05, 0.1) is 10.2 Å². The summed E-state index contributed by atoms with van der Waals surface area (Å²) in [4.78, 5) is 5.84. The molecule has 18 heavy (non-hydrogen) atoms. The van der Waals surface area contributed by atoms with Gasteiger partial charge in [0, 0.05) is 17.6 Å². The van der Waals surface area contributed by atoms with Crippen molar-refractivity contribution < 1.29 is 0 Å². The molecule has 1 saturated heterocycles. The molecule has 1 aliphatic carbocycles. The molecule has 1 aliphatic heterocycles. The maximum absolute atomic E-state index is 4.42. The minimum absolute atomic E-state index is 0. The lowest BCUT2D eigenvalue weighted by Crippen LogP contribution is -2.08. The number of nitrogens with zero attached hydrogens (tertiary/aromatic N) is 1. The van der Waals surface area contributed by atoms with Crippen molar-refractivity contribution in [1.29, 1.82) is 0 Å². The minimum Gasteiger partial charge on any atom is -0.316 e. The number of hydrogen-bond donors (Lipinski definition) is 1. The predicted molar refractivity (Wildman–Crippen MR) is 79.3 cm³/mol. The molecule has 2 aromatic heterocycles. The predicted octanol–water partition coefficient (Wildman–Crippen LogP) is 3.34. The van der Waals surface area contributed by atoms with E-state index in [1.54, 1.807) is 5.57 Å². The van der Waals surface area contributed by atoms with E-state index in [0.29, 0.717) is 0 Å². The van der Waals surface area contributed by atoms with E-state index >= 15 is 0 Å². The van der Waals surface area contributed by atoms with Crippen LogP contribution in [0, 0.1) is 11.8 Å². The van der Waals surface area contributed by atoms with Gasteiger partial charge in [0.25, 0.3) is 0 Å². The van der Waals surface area contributed by atoms with E-state index in [0.717, 1.165) is 23.9 Å². The van der Waals surface area contributed by atoms with Crippen LogP contribution in [0.2, 0.25) is 0 Å². The molecule has 0 unspecified atom stereocenters. The van der Waals surface area contributed by atoms with Gasteiger partial charge in [-0.05, 0) is 48.6 Å². The zero-order valence-electron chi connectivity index (χ0n) is 9.93. The zero-order chi connectivity index (χ0) is 11.2. The number of nitrogens with one attached hydrogen (secondary N) is 1. The molecule has 2 aromatic rings. The van der Waals surface area contributed by atoms with Crippen molar-refractivity contribution in [3.05, 3.63) is 35.3 Å². The second-order valence-corrected chi connectivity index (χ2v) is 6.06. The van der Waals surface area contributed by atoms with Crippen LogP contribution in [0.4, 0.5) is 0 Å². The van der Waals surface area contributed by atoms with Gasteiger partial charge >= 0.3 is 0 Å². The highest BCUT2D eigenvalue weighted by Crippen LogP contribution is 2.41. The van der Waals surface area contributed by atoms with Crippen molar-refractivity contribution in [1.82, 2.24) is 10.3 Å². The van der Waals surface area contributed by atoms with Crippen LogP contribution in [0.25, 0.3) is 15.8 Å². The van der Waals surface area contributed by atoms with Gasteiger partial charge in [-0.25, -0.2) is 0 Å². The molecular formula is C14H15ClN2S. The summed E-state index contributed by atoms with van der Waals surface area (Å²) < 4.78 is 1.30. The molecule has 0 saturated carbocycles. The van der Waals surface area contributed by atoms with Gasteiger partial charge < -0.3 is 5.32 Å². The van der Waals surface area contributed by atoms with Crippen LogP contribution in [0.5, 0.6) is 0 Å². The van der Waals surface area contributed by atoms with Crippen LogP contribution in [0.3, 0.4) is 0 Å². The van der Waals surface area contributed by atoms with E-state index in [1.165, 1.54) is 22.5 Å². The fraction of sp³-hybridized carbons (Fsp3) is 0.357. The van der Waals surface area contributed by atoms with Crippen molar-refractivity contribution in [2.75, 3.05) is 13.1 Å². The summed E-state index contributed by atoms with van der Waals surface area (Å²) in [5, 5.41) is 3.47. The number of pyridine rings is 1. The smallest absolute Gasteiger partial charge is 0.0816 e. The molecule has 2 aliphatic rings. The molecule has 94 valence electrons. The first-order chi connectivity index (χ1) is 8.40. The fourth-order valence-corrected chi connectivity index (χ4v) is 4.04. The Morgan fingerprint density at radius 2 is 2.28 bits per heavy atom. The van der Waals surface area contributed by atoms with Gasteiger partial charge in [-0.1, -0.05) is 6.08 Å². The van der Waals surface area contributed by atoms with Crippen LogP contribution < -0.4 is 5.32 Å². The summed E-state index contributed by atoms with van der Waals surface area (Å²) in [7, 11) is 0. The van der Waals surface area contributed by atoms with Gasteiger partial charge in [0.2, 0.25) is 0 Å². The van der Waals surface area contributed by atoms with Crippen molar-refractivity contribution in [3.8, 4) is 0 Å². The number of aromatic nitrogens is 1. The lowest BCUT2D eigenvalue weighted by atomic mass is 10.00. The summed E-state index contributed by atoms with van der Waals surface area (Å²) in [6.07, 6.45) is 5.60. The second-order valence-electron chi connectivity index (χ2n) is 4.98. The van der Waals surface area contributed by atoms with E-state index in [2.05, 4.69) is 28.5 Å². The number of allylic oxidation sites excluding steroid dienone is 1. The summed E-state index contributed by atoms with van der Waals surface area (Å²) in [5.41, 5.74) is 2.69. The van der Waals surface area contributed by atoms with Gasteiger partial charge in [-0.3, -0.25) is 4.98 Å². The molecule has 4 rings (SSSR count). The van der Waals surface area contributed by atoms with Gasteiger partial charge in [0.1, 0.15) is 0 Å². The maximum atomic E-state index is 4.42. The molecule has 0 amide bonds. The summed E-state index contributed by atoms with van der Waals surface area (Å²) >= 11 is 1.88. The fourth-order valence-electron chi connectivity index (χ4n) is 2.99. The van der Waals surface area contributed by atoms with Crippen molar-refractivity contribution >= 4 is 39.5 Å². The van der Waals surface area contributed by atoms with Gasteiger partial charge in [-0.15, -0.1) is 23.7 Å². The highest BCUT2D eigenvalue weighted by Gasteiger charge is 2.32. The van der Waals surface area contributed by atoms with E-state index < -0.39 is 0 Å². The minimum atomic E-state index is 0. The molecular weight excluding hydrogens is 264 g/mol. The Labute approximate surface area is 117 Å². The first kappa shape index (κ1) is 12.2. The summed E-state index contributed by atoms with van der Waals surface area (Å²) in [6.45, 7) is 2.35. The third kappa shape index (κ3) is 1.87. The third-order valence-corrected chi connectivity index (χ3v) is 5.06. The molecule has 2 atom stereocenters. The molecule has 4 heteroatoms. The average molecular weight is 279 g/mol. The zero-order valence-corrected chi connectivity index (χ0v) is 11.6. The average Bonchev–Trinajstić information content (AvgIpc) is 3.01. The summed E-state index contributed by atoms with van der Waals surface area (Å²) in [5.74, 6) is 1.60. The molecule has 1 fully saturated rings. The molecule has 1 N–H and O–H groups in total. The van der Waals surface area contributed by atoms with Crippen LogP contribution in [-0.4, -0.2) is 18.1 Å². The van der Waals surface area contributed by atoms with Gasteiger partial charge in [0.15, 0.2) is 0 Å². The lowest BCUT2D eigenvalue weighted by molar-refractivity contribution is 0.536. The Balaban J connectivity index is 0.000001000. The topological polar surface area (TPSA) is 24.9 Å². The number of rotatable bonds is 1. The van der Waals surface area contributed by atoms with Crippen LogP contribution in [0.15, 0.2) is 30.5 Å². The number of thiophene rings is 1. The molecule has 0 bridgehead atoms. The largest absolute Gasteiger partial charge is 0.316 e. The SMILES string of the molecule is C1=C(c2cc3ncccc3s2)C[C@H]2CNC[C@@H]12.Cl. The van der Waals surface area contributed by atoms with Gasteiger partial charge in [-0.2, -0.15) is 0 Å². The Kier molecular flexibility index (Phi) is 3.14. The highest BCUT2D eigenvalue weighted by molar-refractivity contribution is 7.20. The normalized spacial score (nSPS) is 25.9. The quantitative estimate of drug-likeness (QED) is 0.865. The number of halogens is 1. The second kappa shape index (κ2) is 4.65.